The Hall–Kier alpha value is -1.18. The van der Waals surface area contributed by atoms with E-state index in [1.807, 2.05) is 21.0 Å². The molecule has 130 valence electrons. The van der Waals surface area contributed by atoms with Gasteiger partial charge >= 0.3 is 0 Å². The molecule has 0 spiro atoms. The van der Waals surface area contributed by atoms with Crippen LogP contribution in [0.25, 0.3) is 0 Å². The average Bonchev–Trinajstić information content (AvgIpc) is 3.18. The molecule has 0 saturated carbocycles. The molecule has 1 aliphatic rings. The summed E-state index contributed by atoms with van der Waals surface area (Å²) in [4.78, 5) is 10.9. The first-order valence-electron chi connectivity index (χ1n) is 8.17. The maximum absolute atomic E-state index is 5.71. The van der Waals surface area contributed by atoms with Crippen LogP contribution in [0.5, 0.6) is 0 Å². The van der Waals surface area contributed by atoms with Crippen LogP contribution in [0.2, 0.25) is 0 Å². The molecule has 0 amide bonds. The summed E-state index contributed by atoms with van der Waals surface area (Å²) in [5.41, 5.74) is 1.08. The zero-order valence-corrected chi connectivity index (χ0v) is 15.2. The number of nitrogens with one attached hydrogen (secondary N) is 1. The Kier molecular flexibility index (Phi) is 7.78. The van der Waals surface area contributed by atoms with Crippen LogP contribution in [0.4, 0.5) is 0 Å². The van der Waals surface area contributed by atoms with Crippen molar-refractivity contribution >= 4 is 17.3 Å². The van der Waals surface area contributed by atoms with Gasteiger partial charge in [-0.2, -0.15) is 0 Å². The molecule has 0 bridgehead atoms. The van der Waals surface area contributed by atoms with Crippen LogP contribution in [0.15, 0.2) is 10.4 Å². The molecule has 1 fully saturated rings. The highest BCUT2D eigenvalue weighted by molar-refractivity contribution is 7.09. The van der Waals surface area contributed by atoms with Crippen LogP contribution in [-0.2, 0) is 16.0 Å². The molecule has 7 heteroatoms. The van der Waals surface area contributed by atoms with Gasteiger partial charge in [-0.3, -0.25) is 4.99 Å². The zero-order valence-electron chi connectivity index (χ0n) is 14.4. The van der Waals surface area contributed by atoms with Crippen molar-refractivity contribution in [1.29, 1.82) is 0 Å². The largest absolute Gasteiger partial charge is 0.381 e. The minimum absolute atomic E-state index is 0.587. The summed E-state index contributed by atoms with van der Waals surface area (Å²) in [6.45, 7) is 6.98. The molecule has 23 heavy (non-hydrogen) atoms. The number of rotatable bonds is 8. The number of hydrogen-bond acceptors (Lipinski definition) is 5. The Balaban J connectivity index is 1.58. The van der Waals surface area contributed by atoms with E-state index in [1.165, 1.54) is 0 Å². The van der Waals surface area contributed by atoms with E-state index in [0.717, 1.165) is 69.0 Å². The van der Waals surface area contributed by atoms with Crippen LogP contribution in [-0.4, -0.2) is 62.9 Å². The molecule has 2 heterocycles. The molecule has 0 aliphatic carbocycles. The summed E-state index contributed by atoms with van der Waals surface area (Å²) in [7, 11) is 3.84. The van der Waals surface area contributed by atoms with Gasteiger partial charge in [0.1, 0.15) is 0 Å². The molecule has 1 aromatic rings. The normalized spacial score (nSPS) is 18.4. The lowest BCUT2D eigenvalue weighted by atomic mass is 10.1. The van der Waals surface area contributed by atoms with Crippen molar-refractivity contribution in [3.8, 4) is 0 Å². The number of guanidine groups is 1. The lowest BCUT2D eigenvalue weighted by Gasteiger charge is -2.21. The highest BCUT2D eigenvalue weighted by Crippen LogP contribution is 2.12. The Morgan fingerprint density at radius 3 is 3.13 bits per heavy atom. The molecule has 6 nitrogen and oxygen atoms in total. The number of ether oxygens (including phenoxy) is 2. The maximum Gasteiger partial charge on any atom is 0.193 e. The molecule has 2 rings (SSSR count). The molecule has 1 saturated heterocycles. The molecule has 1 unspecified atom stereocenters. The van der Waals surface area contributed by atoms with Crippen LogP contribution in [0.3, 0.4) is 0 Å². The Morgan fingerprint density at radius 2 is 2.48 bits per heavy atom. The van der Waals surface area contributed by atoms with Crippen molar-refractivity contribution in [1.82, 2.24) is 15.2 Å². The van der Waals surface area contributed by atoms with Gasteiger partial charge in [-0.15, -0.1) is 11.3 Å². The summed E-state index contributed by atoms with van der Waals surface area (Å²) < 4.78 is 11.0. The quantitative estimate of drug-likeness (QED) is 0.445. The highest BCUT2D eigenvalue weighted by atomic mass is 32.1. The molecule has 0 aromatic carbocycles. The van der Waals surface area contributed by atoms with Crippen molar-refractivity contribution < 1.29 is 9.47 Å². The summed E-state index contributed by atoms with van der Waals surface area (Å²) >= 11 is 1.68. The Labute approximate surface area is 142 Å². The number of aryl methyl sites for hydroxylation is 1. The third-order valence-corrected chi connectivity index (χ3v) is 4.59. The molecule has 0 radical (unpaired) electrons. The second-order valence-electron chi connectivity index (χ2n) is 5.85. The van der Waals surface area contributed by atoms with E-state index in [0.29, 0.717) is 5.92 Å². The third kappa shape index (κ3) is 6.45. The highest BCUT2D eigenvalue weighted by Gasteiger charge is 2.15. The van der Waals surface area contributed by atoms with Crippen molar-refractivity contribution in [2.75, 3.05) is 47.1 Å². The second-order valence-corrected chi connectivity index (χ2v) is 6.91. The first-order chi connectivity index (χ1) is 11.2. The first kappa shape index (κ1) is 18.2. The molecule has 1 atom stereocenters. The first-order valence-corrected chi connectivity index (χ1v) is 9.05. The monoisotopic (exact) mass is 340 g/mol. The topological polar surface area (TPSA) is 59.0 Å². The Morgan fingerprint density at radius 1 is 1.61 bits per heavy atom. The molecule has 1 N–H and O–H groups in total. The summed E-state index contributed by atoms with van der Waals surface area (Å²) in [5, 5.41) is 6.57. The van der Waals surface area contributed by atoms with E-state index < -0.39 is 0 Å². The van der Waals surface area contributed by atoms with E-state index in [2.05, 4.69) is 25.6 Å². The van der Waals surface area contributed by atoms with Crippen LogP contribution < -0.4 is 5.32 Å². The van der Waals surface area contributed by atoms with Crippen molar-refractivity contribution in [3.63, 3.8) is 0 Å². The third-order valence-electron chi connectivity index (χ3n) is 3.77. The van der Waals surface area contributed by atoms with E-state index in [-0.39, 0.29) is 0 Å². The minimum Gasteiger partial charge on any atom is -0.381 e. The molecule has 1 aliphatic heterocycles. The van der Waals surface area contributed by atoms with Gasteiger partial charge in [0.05, 0.1) is 30.5 Å². The minimum atomic E-state index is 0.587. The van der Waals surface area contributed by atoms with Crippen LogP contribution in [0, 0.1) is 12.8 Å². The number of thiazole rings is 1. The van der Waals surface area contributed by atoms with Gasteiger partial charge in [0.2, 0.25) is 0 Å². The molecular weight excluding hydrogens is 312 g/mol. The van der Waals surface area contributed by atoms with Crippen LogP contribution in [0.1, 0.15) is 23.5 Å². The maximum atomic E-state index is 5.71. The number of aromatic nitrogens is 1. The van der Waals surface area contributed by atoms with Gasteiger partial charge in [-0.05, 0) is 19.8 Å². The summed E-state index contributed by atoms with van der Waals surface area (Å²) in [6, 6.07) is 0. The zero-order chi connectivity index (χ0) is 16.5. The Bertz CT molecular complexity index is 486. The van der Waals surface area contributed by atoms with E-state index >= 15 is 0 Å². The fourth-order valence-corrected chi connectivity index (χ4v) is 3.13. The van der Waals surface area contributed by atoms with Crippen molar-refractivity contribution in [3.05, 3.63) is 16.1 Å². The van der Waals surface area contributed by atoms with Gasteiger partial charge in [0, 0.05) is 45.2 Å². The summed E-state index contributed by atoms with van der Waals surface area (Å²) in [5.74, 6) is 1.48. The van der Waals surface area contributed by atoms with Gasteiger partial charge in [0.25, 0.3) is 0 Å². The SMILES string of the molecule is CN=C(NCCCOCC1CCOC1)N(C)Cc1csc(C)n1. The molecule has 1 aromatic heterocycles. The van der Waals surface area contributed by atoms with Crippen molar-refractivity contribution in [2.24, 2.45) is 10.9 Å². The summed E-state index contributed by atoms with van der Waals surface area (Å²) in [6.07, 6.45) is 2.10. The standard InChI is InChI=1S/C16H28N4O2S/c1-13-19-15(12-23-13)9-20(3)16(17-2)18-6-4-7-21-10-14-5-8-22-11-14/h12,14H,4-11H2,1-3H3,(H,17,18). The van der Waals surface area contributed by atoms with Gasteiger partial charge in [-0.1, -0.05) is 0 Å². The van der Waals surface area contributed by atoms with Gasteiger partial charge < -0.3 is 19.7 Å². The van der Waals surface area contributed by atoms with E-state index in [9.17, 15) is 0 Å². The lowest BCUT2D eigenvalue weighted by Crippen LogP contribution is -2.39. The predicted octanol–water partition coefficient (Wildman–Crippen LogP) is 1.90. The average molecular weight is 340 g/mol. The fourth-order valence-electron chi connectivity index (χ4n) is 2.52. The van der Waals surface area contributed by atoms with Gasteiger partial charge in [0.15, 0.2) is 5.96 Å². The van der Waals surface area contributed by atoms with Crippen LogP contribution >= 0.6 is 11.3 Å². The number of hydrogen-bond donors (Lipinski definition) is 1. The van der Waals surface area contributed by atoms with Gasteiger partial charge in [-0.25, -0.2) is 4.98 Å². The van der Waals surface area contributed by atoms with E-state index in [4.69, 9.17) is 9.47 Å². The molecular formula is C16H28N4O2S. The second kappa shape index (κ2) is 9.85. The number of aliphatic imine (C=N–C) groups is 1. The van der Waals surface area contributed by atoms with Crippen molar-refractivity contribution in [2.45, 2.75) is 26.3 Å². The van der Waals surface area contributed by atoms with E-state index in [1.54, 1.807) is 11.3 Å². The predicted molar refractivity (Wildman–Crippen MR) is 94.0 cm³/mol. The number of nitrogens with zero attached hydrogens (tertiary/aromatic N) is 3. The fraction of sp³-hybridized carbons (Fsp3) is 0.750. The smallest absolute Gasteiger partial charge is 0.193 e. The lowest BCUT2D eigenvalue weighted by molar-refractivity contribution is 0.0887.